The van der Waals surface area contributed by atoms with Crippen molar-refractivity contribution in [2.75, 3.05) is 13.7 Å². The van der Waals surface area contributed by atoms with Crippen LogP contribution in [0.4, 0.5) is 8.78 Å². The molecule has 0 spiro atoms. The Morgan fingerprint density at radius 2 is 1.97 bits per heavy atom. The first kappa shape index (κ1) is 22.9. The van der Waals surface area contributed by atoms with Crippen LogP contribution in [-0.4, -0.2) is 35.0 Å². The molecule has 0 aliphatic rings. The van der Waals surface area contributed by atoms with E-state index in [-0.39, 0.29) is 24.4 Å². The number of imidazole rings is 1. The highest BCUT2D eigenvalue weighted by atomic mass is 19.1. The van der Waals surface area contributed by atoms with Gasteiger partial charge in [-0.15, -0.1) is 0 Å². The fraction of sp³-hybridized carbons (Fsp3) is 0.261. The first-order chi connectivity index (χ1) is 15.4. The molecule has 0 aliphatic heterocycles. The molecule has 0 radical (unpaired) electrons. The number of methoxy groups -OCH3 is 1. The maximum Gasteiger partial charge on any atom is 0.254 e. The Kier molecular flexibility index (Phi) is 7.54. The molecule has 2 aromatic carbocycles. The lowest BCUT2D eigenvalue weighted by Gasteiger charge is -2.21. The molecular weight excluding hydrogens is 418 g/mol. The average Bonchev–Trinajstić information content (AvgIpc) is 3.20. The highest BCUT2D eigenvalue weighted by Gasteiger charge is 2.23. The maximum absolute atomic E-state index is 13.7. The quantitative estimate of drug-likeness (QED) is 0.499. The van der Waals surface area contributed by atoms with E-state index < -0.39 is 23.6 Å². The van der Waals surface area contributed by atoms with Crippen LogP contribution in [0, 0.1) is 11.6 Å². The number of hydrogen-bond donors (Lipinski definition) is 2. The van der Waals surface area contributed by atoms with E-state index in [0.29, 0.717) is 24.1 Å². The van der Waals surface area contributed by atoms with Gasteiger partial charge in [-0.05, 0) is 24.6 Å². The number of rotatable bonds is 9. The third-order valence-electron chi connectivity index (χ3n) is 4.91. The molecule has 0 fully saturated rings. The Morgan fingerprint density at radius 3 is 2.66 bits per heavy atom. The Labute approximate surface area is 184 Å². The van der Waals surface area contributed by atoms with Gasteiger partial charge in [-0.2, -0.15) is 0 Å². The SMILES string of the molecule is COc1ccccc1C(NC(=O)CCCNC(=O)c1ccc(F)cc1F)c1nccn1C. The highest BCUT2D eigenvalue weighted by molar-refractivity contribution is 5.94. The van der Waals surface area contributed by atoms with Gasteiger partial charge in [0.15, 0.2) is 0 Å². The van der Waals surface area contributed by atoms with Crippen LogP contribution < -0.4 is 15.4 Å². The molecule has 168 valence electrons. The largest absolute Gasteiger partial charge is 0.496 e. The van der Waals surface area contributed by atoms with Crippen LogP contribution in [0.2, 0.25) is 0 Å². The Morgan fingerprint density at radius 1 is 1.19 bits per heavy atom. The van der Waals surface area contributed by atoms with Crippen LogP contribution >= 0.6 is 0 Å². The molecule has 1 atom stereocenters. The van der Waals surface area contributed by atoms with Gasteiger partial charge in [0.05, 0.1) is 12.7 Å². The molecule has 0 bridgehead atoms. The van der Waals surface area contributed by atoms with Gasteiger partial charge in [-0.1, -0.05) is 18.2 Å². The molecule has 1 unspecified atom stereocenters. The van der Waals surface area contributed by atoms with E-state index in [1.165, 1.54) is 0 Å². The Balaban J connectivity index is 1.60. The van der Waals surface area contributed by atoms with Crippen molar-refractivity contribution in [3.05, 3.63) is 83.4 Å². The predicted octanol–water partition coefficient (Wildman–Crippen LogP) is 3.12. The minimum absolute atomic E-state index is 0.127. The standard InChI is InChI=1S/C23H24F2N4O3/c1-29-13-12-26-22(29)21(17-6-3-4-7-19(17)32-2)28-20(30)8-5-11-27-23(31)16-10-9-15(24)14-18(16)25/h3-4,6-7,9-10,12-14,21H,5,8,11H2,1-2H3,(H,27,31)(H,28,30). The van der Waals surface area contributed by atoms with Crippen LogP contribution in [0.5, 0.6) is 5.75 Å². The summed E-state index contributed by atoms with van der Waals surface area (Å²) in [6.45, 7) is 0.158. The second kappa shape index (κ2) is 10.5. The lowest BCUT2D eigenvalue weighted by Crippen LogP contribution is -2.32. The summed E-state index contributed by atoms with van der Waals surface area (Å²) < 4.78 is 33.9. The number of halogens is 2. The third kappa shape index (κ3) is 5.48. The number of ether oxygens (including phenoxy) is 1. The maximum atomic E-state index is 13.7. The zero-order chi connectivity index (χ0) is 23.1. The van der Waals surface area contributed by atoms with E-state index in [4.69, 9.17) is 4.74 Å². The smallest absolute Gasteiger partial charge is 0.254 e. The number of nitrogens with one attached hydrogen (secondary N) is 2. The van der Waals surface area contributed by atoms with Crippen molar-refractivity contribution in [1.29, 1.82) is 0 Å². The van der Waals surface area contributed by atoms with Crippen molar-refractivity contribution in [2.24, 2.45) is 7.05 Å². The van der Waals surface area contributed by atoms with Crippen LogP contribution in [-0.2, 0) is 11.8 Å². The summed E-state index contributed by atoms with van der Waals surface area (Å²) in [6.07, 6.45) is 3.89. The number of amides is 2. The first-order valence-corrected chi connectivity index (χ1v) is 10.0. The average molecular weight is 442 g/mol. The normalized spacial score (nSPS) is 11.6. The summed E-state index contributed by atoms with van der Waals surface area (Å²) in [6, 6.07) is 9.58. The van der Waals surface area contributed by atoms with E-state index >= 15 is 0 Å². The van der Waals surface area contributed by atoms with Crippen LogP contribution in [0.25, 0.3) is 0 Å². The van der Waals surface area contributed by atoms with Crippen molar-refractivity contribution >= 4 is 11.8 Å². The van der Waals surface area contributed by atoms with Crippen molar-refractivity contribution < 1.29 is 23.1 Å². The number of aromatic nitrogens is 2. The van der Waals surface area contributed by atoms with Gasteiger partial charge >= 0.3 is 0 Å². The number of aryl methyl sites for hydroxylation is 1. The van der Waals surface area contributed by atoms with Crippen molar-refractivity contribution in [2.45, 2.75) is 18.9 Å². The molecule has 1 heterocycles. The van der Waals surface area contributed by atoms with Crippen LogP contribution in [0.1, 0.15) is 40.6 Å². The predicted molar refractivity (Wildman–Crippen MR) is 114 cm³/mol. The minimum Gasteiger partial charge on any atom is -0.496 e. The Hall–Kier alpha value is -3.75. The molecule has 7 nitrogen and oxygen atoms in total. The molecular formula is C23H24F2N4O3. The molecule has 0 aliphatic carbocycles. The van der Waals surface area contributed by atoms with E-state index in [1.807, 2.05) is 35.9 Å². The van der Waals surface area contributed by atoms with E-state index in [2.05, 4.69) is 15.6 Å². The lowest BCUT2D eigenvalue weighted by atomic mass is 10.0. The zero-order valence-corrected chi connectivity index (χ0v) is 17.8. The summed E-state index contributed by atoms with van der Waals surface area (Å²) >= 11 is 0. The first-order valence-electron chi connectivity index (χ1n) is 10.0. The second-order valence-corrected chi connectivity index (χ2v) is 7.12. The molecule has 2 amide bonds. The molecule has 2 N–H and O–H groups in total. The number of nitrogens with zero attached hydrogens (tertiary/aromatic N) is 2. The topological polar surface area (TPSA) is 85.2 Å². The summed E-state index contributed by atoms with van der Waals surface area (Å²) in [5.74, 6) is -1.34. The molecule has 9 heteroatoms. The van der Waals surface area contributed by atoms with E-state index in [9.17, 15) is 18.4 Å². The van der Waals surface area contributed by atoms with Gasteiger partial charge in [-0.25, -0.2) is 13.8 Å². The minimum atomic E-state index is -0.935. The summed E-state index contributed by atoms with van der Waals surface area (Å²) in [7, 11) is 3.39. The molecule has 32 heavy (non-hydrogen) atoms. The van der Waals surface area contributed by atoms with Gasteiger partial charge < -0.3 is 19.9 Å². The molecule has 3 rings (SSSR count). The fourth-order valence-electron chi connectivity index (χ4n) is 3.29. The summed E-state index contributed by atoms with van der Waals surface area (Å²) in [4.78, 5) is 29.0. The van der Waals surface area contributed by atoms with Crippen LogP contribution in [0.3, 0.4) is 0 Å². The number of carbonyl (C=O) groups is 2. The van der Waals surface area contributed by atoms with E-state index in [0.717, 1.165) is 17.7 Å². The molecule has 1 aromatic heterocycles. The number of para-hydroxylation sites is 1. The summed E-state index contributed by atoms with van der Waals surface area (Å²) in [5, 5.41) is 5.51. The number of benzene rings is 2. The van der Waals surface area contributed by atoms with Gasteiger partial charge in [0, 0.05) is 44.0 Å². The highest BCUT2D eigenvalue weighted by Crippen LogP contribution is 2.29. The lowest BCUT2D eigenvalue weighted by molar-refractivity contribution is -0.121. The van der Waals surface area contributed by atoms with Gasteiger partial charge in [0.25, 0.3) is 5.91 Å². The second-order valence-electron chi connectivity index (χ2n) is 7.12. The third-order valence-corrected chi connectivity index (χ3v) is 4.91. The van der Waals surface area contributed by atoms with Gasteiger partial charge in [-0.3, -0.25) is 9.59 Å². The number of hydrogen-bond acceptors (Lipinski definition) is 4. The Bertz CT molecular complexity index is 1100. The van der Waals surface area contributed by atoms with Gasteiger partial charge in [0.2, 0.25) is 5.91 Å². The fourth-order valence-corrected chi connectivity index (χ4v) is 3.29. The summed E-state index contributed by atoms with van der Waals surface area (Å²) in [5.41, 5.74) is 0.514. The molecule has 0 saturated heterocycles. The molecule has 0 saturated carbocycles. The van der Waals surface area contributed by atoms with Crippen molar-refractivity contribution in [3.63, 3.8) is 0 Å². The zero-order valence-electron chi connectivity index (χ0n) is 17.8. The number of carbonyl (C=O) groups excluding carboxylic acids is 2. The van der Waals surface area contributed by atoms with Crippen molar-refractivity contribution in [1.82, 2.24) is 20.2 Å². The monoisotopic (exact) mass is 442 g/mol. The van der Waals surface area contributed by atoms with Crippen LogP contribution in [0.15, 0.2) is 54.9 Å². The van der Waals surface area contributed by atoms with Crippen molar-refractivity contribution in [3.8, 4) is 5.75 Å². The molecule has 3 aromatic rings. The van der Waals surface area contributed by atoms with E-state index in [1.54, 1.807) is 19.5 Å². The van der Waals surface area contributed by atoms with Gasteiger partial charge in [0.1, 0.15) is 29.3 Å².